The molecule has 1 aliphatic rings. The fourth-order valence-electron chi connectivity index (χ4n) is 3.17. The second-order valence-corrected chi connectivity index (χ2v) is 8.72. The van der Waals surface area contributed by atoms with E-state index in [1.54, 1.807) is 20.8 Å². The van der Waals surface area contributed by atoms with Gasteiger partial charge in [-0.2, -0.15) is 13.2 Å². The summed E-state index contributed by atoms with van der Waals surface area (Å²) in [4.78, 5) is 51.8. The highest BCUT2D eigenvalue weighted by molar-refractivity contribution is 5.94. The standard InChI is InChI=1S/C23H28F3N3O6/c1-22(2,3)35-21(33)29-12-11-28(14-17(29)20(32)34-4)19(31)13-27-18(30)10-7-15-5-8-16(9-6-15)23(24,25)26/h5-10,17H,11-14H2,1-4H3,(H,27,30)/b10-7+/t17-/m1/s1. The number of piperazine rings is 1. The molecule has 0 aliphatic carbocycles. The van der Waals surface area contributed by atoms with Crippen LogP contribution in [0.2, 0.25) is 0 Å². The lowest BCUT2D eigenvalue weighted by Gasteiger charge is -2.40. The average molecular weight is 499 g/mol. The van der Waals surface area contributed by atoms with Gasteiger partial charge >= 0.3 is 18.2 Å². The smallest absolute Gasteiger partial charge is 0.416 e. The van der Waals surface area contributed by atoms with E-state index >= 15 is 0 Å². The number of methoxy groups -OCH3 is 1. The van der Waals surface area contributed by atoms with Crippen molar-refractivity contribution in [2.45, 2.75) is 38.6 Å². The molecule has 0 bridgehead atoms. The summed E-state index contributed by atoms with van der Waals surface area (Å²) < 4.78 is 47.9. The second-order valence-electron chi connectivity index (χ2n) is 8.72. The molecule has 35 heavy (non-hydrogen) atoms. The monoisotopic (exact) mass is 499 g/mol. The van der Waals surface area contributed by atoms with Crippen molar-refractivity contribution in [2.24, 2.45) is 0 Å². The zero-order valence-corrected chi connectivity index (χ0v) is 19.8. The molecular formula is C23H28F3N3O6. The van der Waals surface area contributed by atoms with Gasteiger partial charge in [-0.1, -0.05) is 12.1 Å². The van der Waals surface area contributed by atoms with Crippen molar-refractivity contribution in [1.82, 2.24) is 15.1 Å². The van der Waals surface area contributed by atoms with Crippen molar-refractivity contribution >= 4 is 30.0 Å². The molecule has 1 saturated heterocycles. The highest BCUT2D eigenvalue weighted by Crippen LogP contribution is 2.29. The van der Waals surface area contributed by atoms with Crippen molar-refractivity contribution in [3.8, 4) is 0 Å². The summed E-state index contributed by atoms with van der Waals surface area (Å²) in [5.74, 6) is -1.83. The molecule has 1 aromatic carbocycles. The van der Waals surface area contributed by atoms with Crippen molar-refractivity contribution in [1.29, 1.82) is 0 Å². The number of nitrogens with zero attached hydrogens (tertiary/aromatic N) is 2. The predicted octanol–water partition coefficient (Wildman–Crippen LogP) is 2.46. The van der Waals surface area contributed by atoms with Gasteiger partial charge in [0, 0.05) is 19.2 Å². The summed E-state index contributed by atoms with van der Waals surface area (Å²) in [6.07, 6.45) is -2.76. The van der Waals surface area contributed by atoms with Crippen LogP contribution in [0.5, 0.6) is 0 Å². The minimum atomic E-state index is -4.45. The third kappa shape index (κ3) is 8.30. The molecular weight excluding hydrogens is 471 g/mol. The lowest BCUT2D eigenvalue weighted by Crippen LogP contribution is -2.61. The minimum absolute atomic E-state index is 0.0300. The van der Waals surface area contributed by atoms with E-state index in [2.05, 4.69) is 5.32 Å². The molecule has 1 fully saturated rings. The van der Waals surface area contributed by atoms with Crippen molar-refractivity contribution in [3.05, 3.63) is 41.5 Å². The third-order valence-corrected chi connectivity index (χ3v) is 4.91. The maximum absolute atomic E-state index is 12.6. The van der Waals surface area contributed by atoms with Gasteiger partial charge in [0.15, 0.2) is 6.04 Å². The lowest BCUT2D eigenvalue weighted by molar-refractivity contribution is -0.151. The van der Waals surface area contributed by atoms with E-state index in [9.17, 15) is 32.3 Å². The molecule has 1 atom stereocenters. The van der Waals surface area contributed by atoms with E-state index in [1.165, 1.54) is 35.1 Å². The van der Waals surface area contributed by atoms with Crippen LogP contribution in [0, 0.1) is 0 Å². The van der Waals surface area contributed by atoms with Crippen LogP contribution in [-0.4, -0.2) is 78.6 Å². The molecule has 1 aliphatic heterocycles. The van der Waals surface area contributed by atoms with Crippen LogP contribution in [0.25, 0.3) is 6.08 Å². The molecule has 2 rings (SSSR count). The number of carbonyl (C=O) groups excluding carboxylic acids is 4. The number of esters is 1. The Bertz CT molecular complexity index is 970. The summed E-state index contributed by atoms with van der Waals surface area (Å²) >= 11 is 0. The molecule has 1 aromatic rings. The second kappa shape index (κ2) is 11.2. The zero-order chi connectivity index (χ0) is 26.4. The van der Waals surface area contributed by atoms with Crippen molar-refractivity contribution in [2.75, 3.05) is 33.3 Å². The molecule has 0 spiro atoms. The minimum Gasteiger partial charge on any atom is -0.467 e. The van der Waals surface area contributed by atoms with Gasteiger partial charge in [0.05, 0.1) is 25.8 Å². The van der Waals surface area contributed by atoms with Gasteiger partial charge in [-0.15, -0.1) is 0 Å². The molecule has 9 nitrogen and oxygen atoms in total. The number of amides is 3. The topological polar surface area (TPSA) is 105 Å². The summed E-state index contributed by atoms with van der Waals surface area (Å²) in [6, 6.07) is 3.16. The number of hydrogen-bond acceptors (Lipinski definition) is 6. The number of rotatable bonds is 5. The molecule has 192 valence electrons. The van der Waals surface area contributed by atoms with Crippen LogP contribution < -0.4 is 5.32 Å². The van der Waals surface area contributed by atoms with Crippen LogP contribution >= 0.6 is 0 Å². The highest BCUT2D eigenvalue weighted by atomic mass is 19.4. The van der Waals surface area contributed by atoms with Crippen LogP contribution in [0.4, 0.5) is 18.0 Å². The lowest BCUT2D eigenvalue weighted by atomic mass is 10.1. The number of alkyl halides is 3. The van der Waals surface area contributed by atoms with Gasteiger partial charge in [0.2, 0.25) is 11.8 Å². The summed E-state index contributed by atoms with van der Waals surface area (Å²) in [5.41, 5.74) is -1.21. The molecule has 0 unspecified atom stereocenters. The summed E-state index contributed by atoms with van der Waals surface area (Å²) in [6.45, 7) is 4.69. The van der Waals surface area contributed by atoms with E-state index in [-0.39, 0.29) is 26.2 Å². The fourth-order valence-corrected chi connectivity index (χ4v) is 3.17. The maximum Gasteiger partial charge on any atom is 0.416 e. The van der Waals surface area contributed by atoms with Crippen LogP contribution in [0.3, 0.4) is 0 Å². The molecule has 0 radical (unpaired) electrons. The van der Waals surface area contributed by atoms with E-state index in [0.29, 0.717) is 5.56 Å². The largest absolute Gasteiger partial charge is 0.467 e. The molecule has 0 saturated carbocycles. The van der Waals surface area contributed by atoms with Gasteiger partial charge in [-0.3, -0.25) is 14.5 Å². The van der Waals surface area contributed by atoms with Gasteiger partial charge in [-0.25, -0.2) is 9.59 Å². The quantitative estimate of drug-likeness (QED) is 0.493. The Morgan fingerprint density at radius 3 is 2.26 bits per heavy atom. The van der Waals surface area contributed by atoms with Gasteiger partial charge in [0.25, 0.3) is 0 Å². The van der Waals surface area contributed by atoms with E-state index in [4.69, 9.17) is 9.47 Å². The van der Waals surface area contributed by atoms with Crippen molar-refractivity contribution in [3.63, 3.8) is 0 Å². The normalized spacial score (nSPS) is 16.7. The Morgan fingerprint density at radius 1 is 1.09 bits per heavy atom. The average Bonchev–Trinajstić information content (AvgIpc) is 2.78. The molecule has 0 aromatic heterocycles. The van der Waals surface area contributed by atoms with Gasteiger partial charge < -0.3 is 19.7 Å². The Kier molecular flexibility index (Phi) is 8.88. The predicted molar refractivity (Wildman–Crippen MR) is 119 cm³/mol. The third-order valence-electron chi connectivity index (χ3n) is 4.91. The Hall–Kier alpha value is -3.57. The number of carbonyl (C=O) groups is 4. The number of halogens is 3. The molecule has 1 N–H and O–H groups in total. The fraction of sp³-hybridized carbons (Fsp3) is 0.478. The van der Waals surface area contributed by atoms with Crippen LogP contribution in [-0.2, 0) is 30.0 Å². The summed E-state index contributed by atoms with van der Waals surface area (Å²) in [7, 11) is 1.17. The molecule has 3 amide bonds. The number of ether oxygens (including phenoxy) is 2. The summed E-state index contributed by atoms with van der Waals surface area (Å²) in [5, 5.41) is 2.39. The molecule has 12 heteroatoms. The first-order valence-corrected chi connectivity index (χ1v) is 10.7. The van der Waals surface area contributed by atoms with E-state index < -0.39 is 47.3 Å². The SMILES string of the molecule is COC(=O)[C@H]1CN(C(=O)CNC(=O)/C=C/c2ccc(C(F)(F)F)cc2)CCN1C(=O)OC(C)(C)C. The number of nitrogens with one attached hydrogen (secondary N) is 1. The van der Waals surface area contributed by atoms with E-state index in [1.807, 2.05) is 0 Å². The zero-order valence-electron chi connectivity index (χ0n) is 19.8. The van der Waals surface area contributed by atoms with Crippen molar-refractivity contribution < 1.29 is 41.8 Å². The first-order valence-electron chi connectivity index (χ1n) is 10.7. The Balaban J connectivity index is 1.93. The van der Waals surface area contributed by atoms with Gasteiger partial charge in [0.1, 0.15) is 5.60 Å². The Morgan fingerprint density at radius 2 is 1.71 bits per heavy atom. The first kappa shape index (κ1) is 27.7. The first-order chi connectivity index (χ1) is 16.2. The molecule has 1 heterocycles. The van der Waals surface area contributed by atoms with E-state index in [0.717, 1.165) is 18.2 Å². The Labute approximate surface area is 200 Å². The van der Waals surface area contributed by atoms with Crippen LogP contribution in [0.15, 0.2) is 30.3 Å². The number of hydrogen-bond donors (Lipinski definition) is 1. The number of benzene rings is 1. The van der Waals surface area contributed by atoms with Crippen LogP contribution in [0.1, 0.15) is 31.9 Å². The maximum atomic E-state index is 12.6. The van der Waals surface area contributed by atoms with Gasteiger partial charge in [-0.05, 0) is 44.5 Å². The highest BCUT2D eigenvalue weighted by Gasteiger charge is 2.39.